The number of hydrazine groups is 1. The highest BCUT2D eigenvalue weighted by atomic mass is 16.7. The summed E-state index contributed by atoms with van der Waals surface area (Å²) in [5.74, 6) is 1.65. The van der Waals surface area contributed by atoms with Crippen molar-refractivity contribution in [2.45, 2.75) is 13.3 Å². The first kappa shape index (κ1) is 8.47. The average molecular weight is 204 g/mol. The van der Waals surface area contributed by atoms with Crippen LogP contribution in [0.2, 0.25) is 0 Å². The Bertz CT molecular complexity index is 440. The van der Waals surface area contributed by atoms with Crippen LogP contribution in [0.25, 0.3) is 0 Å². The second-order valence-electron chi connectivity index (χ2n) is 3.80. The van der Waals surface area contributed by atoms with E-state index in [1.807, 2.05) is 18.3 Å². The topological polar surface area (TPSA) is 42.5 Å². The van der Waals surface area contributed by atoms with Gasteiger partial charge in [0, 0.05) is 12.3 Å². The molecule has 0 amide bonds. The van der Waals surface area contributed by atoms with E-state index in [4.69, 9.17) is 9.47 Å². The summed E-state index contributed by atoms with van der Waals surface area (Å²) in [4.78, 5) is 0. The van der Waals surface area contributed by atoms with E-state index in [0.717, 1.165) is 23.6 Å². The van der Waals surface area contributed by atoms with E-state index in [-0.39, 0.29) is 0 Å². The smallest absolute Gasteiger partial charge is 0.231 e. The van der Waals surface area contributed by atoms with Crippen LogP contribution in [0.1, 0.15) is 12.5 Å². The average Bonchev–Trinajstić information content (AvgIpc) is 2.57. The first-order valence-electron chi connectivity index (χ1n) is 4.92. The highest BCUT2D eigenvalue weighted by molar-refractivity contribution is 5.62. The zero-order valence-electron chi connectivity index (χ0n) is 8.46. The van der Waals surface area contributed by atoms with Gasteiger partial charge in [0.05, 0.1) is 5.69 Å². The summed E-state index contributed by atoms with van der Waals surface area (Å²) in [5.41, 5.74) is 9.71. The quantitative estimate of drug-likeness (QED) is 0.676. The molecule has 0 atom stereocenters. The lowest BCUT2D eigenvalue weighted by molar-refractivity contribution is 0.174. The molecule has 1 aromatic rings. The summed E-state index contributed by atoms with van der Waals surface area (Å²) in [6.45, 7) is 2.41. The van der Waals surface area contributed by atoms with Gasteiger partial charge in [0.25, 0.3) is 0 Å². The molecule has 4 heteroatoms. The highest BCUT2D eigenvalue weighted by Crippen LogP contribution is 2.37. The van der Waals surface area contributed by atoms with Gasteiger partial charge in [0.2, 0.25) is 6.79 Å². The van der Waals surface area contributed by atoms with Crippen molar-refractivity contribution < 1.29 is 9.47 Å². The molecule has 0 aliphatic carbocycles. The predicted molar refractivity (Wildman–Crippen MR) is 56.8 cm³/mol. The Hall–Kier alpha value is -1.84. The molecule has 0 saturated carbocycles. The maximum atomic E-state index is 5.35. The number of fused-ring (bicyclic) bond motifs is 2. The van der Waals surface area contributed by atoms with Crippen LogP contribution in [-0.2, 0) is 6.42 Å². The number of rotatable bonds is 0. The molecular formula is C11H12N2O2. The molecule has 78 valence electrons. The van der Waals surface area contributed by atoms with Gasteiger partial charge in [-0.25, -0.2) is 0 Å². The van der Waals surface area contributed by atoms with Crippen molar-refractivity contribution in [1.29, 1.82) is 0 Å². The van der Waals surface area contributed by atoms with Crippen LogP contribution in [0.15, 0.2) is 23.9 Å². The largest absolute Gasteiger partial charge is 0.454 e. The van der Waals surface area contributed by atoms with Crippen molar-refractivity contribution in [3.8, 4) is 11.5 Å². The molecule has 2 N–H and O–H groups in total. The van der Waals surface area contributed by atoms with E-state index in [0.29, 0.717) is 6.79 Å². The standard InChI is InChI=1S/C11H12N2O2/c1-7-2-8-3-10-11(15-6-14-10)4-9(8)13-12-5-7/h3-5,12-13H,2,6H2,1H3. The molecule has 1 aromatic carbocycles. The summed E-state index contributed by atoms with van der Waals surface area (Å²) in [6.07, 6.45) is 2.89. The fraction of sp³-hybridized carbons (Fsp3) is 0.273. The Kier molecular flexibility index (Phi) is 1.74. The summed E-state index contributed by atoms with van der Waals surface area (Å²) in [5, 5.41) is 0. The number of allylic oxidation sites excluding steroid dienone is 1. The molecule has 0 saturated heterocycles. The summed E-state index contributed by atoms with van der Waals surface area (Å²) >= 11 is 0. The van der Waals surface area contributed by atoms with Gasteiger partial charge in [-0.3, -0.25) is 0 Å². The van der Waals surface area contributed by atoms with Crippen LogP contribution in [0, 0.1) is 0 Å². The van der Waals surface area contributed by atoms with Gasteiger partial charge < -0.3 is 20.3 Å². The maximum absolute atomic E-state index is 5.35. The third kappa shape index (κ3) is 1.38. The van der Waals surface area contributed by atoms with Gasteiger partial charge >= 0.3 is 0 Å². The lowest BCUT2D eigenvalue weighted by Crippen LogP contribution is -2.13. The molecule has 0 spiro atoms. The minimum atomic E-state index is 0.320. The molecule has 2 heterocycles. The van der Waals surface area contributed by atoms with Crippen molar-refractivity contribution >= 4 is 5.69 Å². The third-order valence-corrected chi connectivity index (χ3v) is 2.59. The minimum absolute atomic E-state index is 0.320. The van der Waals surface area contributed by atoms with Crippen LogP contribution in [0.3, 0.4) is 0 Å². The first-order chi connectivity index (χ1) is 7.33. The Morgan fingerprint density at radius 2 is 2.00 bits per heavy atom. The second kappa shape index (κ2) is 3.08. The number of hydrogen-bond acceptors (Lipinski definition) is 4. The van der Waals surface area contributed by atoms with Crippen molar-refractivity contribution in [1.82, 2.24) is 5.43 Å². The normalized spacial score (nSPS) is 17.0. The monoisotopic (exact) mass is 204 g/mol. The Morgan fingerprint density at radius 3 is 2.87 bits per heavy atom. The van der Waals surface area contributed by atoms with Gasteiger partial charge in [0.15, 0.2) is 11.5 Å². The summed E-state index contributed by atoms with van der Waals surface area (Å²) < 4.78 is 10.7. The van der Waals surface area contributed by atoms with Crippen molar-refractivity contribution in [2.75, 3.05) is 12.2 Å². The van der Waals surface area contributed by atoms with Crippen LogP contribution < -0.4 is 20.3 Å². The molecule has 0 fully saturated rings. The minimum Gasteiger partial charge on any atom is -0.454 e. The van der Waals surface area contributed by atoms with Crippen LogP contribution in [0.5, 0.6) is 11.5 Å². The van der Waals surface area contributed by atoms with Crippen molar-refractivity contribution in [3.63, 3.8) is 0 Å². The lowest BCUT2D eigenvalue weighted by Gasteiger charge is -2.09. The third-order valence-electron chi connectivity index (χ3n) is 2.59. The number of nitrogens with one attached hydrogen (secondary N) is 2. The number of hydrogen-bond donors (Lipinski definition) is 2. The molecular weight excluding hydrogens is 192 g/mol. The van der Waals surface area contributed by atoms with Crippen LogP contribution >= 0.6 is 0 Å². The molecule has 3 rings (SSSR count). The maximum Gasteiger partial charge on any atom is 0.231 e. The molecule has 0 bridgehead atoms. The number of ether oxygens (including phenoxy) is 2. The second-order valence-corrected chi connectivity index (χ2v) is 3.80. The molecule has 15 heavy (non-hydrogen) atoms. The lowest BCUT2D eigenvalue weighted by atomic mass is 10.0. The summed E-state index contributed by atoms with van der Waals surface area (Å²) in [6, 6.07) is 4.01. The zero-order valence-corrected chi connectivity index (χ0v) is 8.46. The number of anilines is 1. The molecule has 0 unspecified atom stereocenters. The van der Waals surface area contributed by atoms with E-state index in [1.165, 1.54) is 11.1 Å². The van der Waals surface area contributed by atoms with E-state index in [1.54, 1.807) is 0 Å². The number of benzene rings is 1. The molecule has 0 aromatic heterocycles. The van der Waals surface area contributed by atoms with Gasteiger partial charge in [0.1, 0.15) is 0 Å². The van der Waals surface area contributed by atoms with Crippen molar-refractivity contribution in [3.05, 3.63) is 29.5 Å². The van der Waals surface area contributed by atoms with Gasteiger partial charge in [-0.05, 0) is 25.0 Å². The van der Waals surface area contributed by atoms with Gasteiger partial charge in [-0.1, -0.05) is 5.57 Å². The SMILES string of the molecule is CC1=CNNc2cc3c(cc2C1)OCO3. The summed E-state index contributed by atoms with van der Waals surface area (Å²) in [7, 11) is 0. The molecule has 0 radical (unpaired) electrons. The fourth-order valence-electron chi connectivity index (χ4n) is 1.84. The first-order valence-corrected chi connectivity index (χ1v) is 4.92. The molecule has 2 aliphatic rings. The molecule has 2 aliphatic heterocycles. The Balaban J connectivity index is 2.07. The van der Waals surface area contributed by atoms with Crippen LogP contribution in [0.4, 0.5) is 5.69 Å². The Morgan fingerprint density at radius 1 is 1.20 bits per heavy atom. The Labute approximate surface area is 87.9 Å². The van der Waals surface area contributed by atoms with Crippen molar-refractivity contribution in [2.24, 2.45) is 0 Å². The van der Waals surface area contributed by atoms with E-state index in [9.17, 15) is 0 Å². The highest BCUT2D eigenvalue weighted by Gasteiger charge is 2.18. The van der Waals surface area contributed by atoms with Gasteiger partial charge in [-0.15, -0.1) is 0 Å². The van der Waals surface area contributed by atoms with E-state index in [2.05, 4.69) is 17.8 Å². The van der Waals surface area contributed by atoms with Gasteiger partial charge in [-0.2, -0.15) is 0 Å². The predicted octanol–water partition coefficient (Wildman–Crippen LogP) is 1.79. The van der Waals surface area contributed by atoms with E-state index >= 15 is 0 Å². The van der Waals surface area contributed by atoms with Crippen LogP contribution in [-0.4, -0.2) is 6.79 Å². The fourth-order valence-corrected chi connectivity index (χ4v) is 1.84. The van der Waals surface area contributed by atoms with E-state index < -0.39 is 0 Å². The zero-order chi connectivity index (χ0) is 10.3. The molecule has 4 nitrogen and oxygen atoms in total.